The number of carbonyl (C=O) groups is 2. The van der Waals surface area contributed by atoms with E-state index in [0.29, 0.717) is 22.8 Å². The summed E-state index contributed by atoms with van der Waals surface area (Å²) in [5.74, 6) is -0.777. The van der Waals surface area contributed by atoms with Crippen LogP contribution in [-0.2, 0) is 9.53 Å². The highest BCUT2D eigenvalue weighted by atomic mass is 16.5. The molecule has 0 unspecified atom stereocenters. The van der Waals surface area contributed by atoms with Crippen LogP contribution >= 0.6 is 0 Å². The molecule has 0 N–H and O–H groups in total. The maximum absolute atomic E-state index is 12.9. The summed E-state index contributed by atoms with van der Waals surface area (Å²) in [4.78, 5) is 29.3. The van der Waals surface area contributed by atoms with Crippen molar-refractivity contribution in [2.45, 2.75) is 13.8 Å². The molecule has 0 atom stereocenters. The number of anilines is 2. The molecule has 1 aromatic heterocycles. The molecule has 0 fully saturated rings. The van der Waals surface area contributed by atoms with E-state index >= 15 is 0 Å². The molecule has 8 heteroatoms. The number of para-hydroxylation sites is 3. The van der Waals surface area contributed by atoms with Gasteiger partial charge in [-0.25, -0.2) is 9.48 Å². The molecule has 0 saturated carbocycles. The lowest BCUT2D eigenvalue weighted by Gasteiger charge is -2.19. The Morgan fingerprint density at radius 1 is 0.970 bits per heavy atom. The first-order chi connectivity index (χ1) is 15.8. The summed E-state index contributed by atoms with van der Waals surface area (Å²) in [5.41, 5.74) is 3.92. The van der Waals surface area contributed by atoms with Gasteiger partial charge < -0.3 is 14.5 Å². The number of aromatic nitrogens is 2. The molecule has 2 aromatic carbocycles. The number of hydrogen-bond acceptors (Lipinski definition) is 7. The molecule has 0 aliphatic carbocycles. The highest BCUT2D eigenvalue weighted by Crippen LogP contribution is 2.40. The molecule has 0 bridgehead atoms. The quantitative estimate of drug-likeness (QED) is 0.340. The Labute approximate surface area is 191 Å². The van der Waals surface area contributed by atoms with Gasteiger partial charge >= 0.3 is 5.97 Å². The number of carbonyl (C=O) groups excluding carboxylic acids is 2. The topological polar surface area (TPSA) is 91.5 Å². The predicted octanol–water partition coefficient (Wildman–Crippen LogP) is 3.54. The number of rotatable bonds is 5. The SMILES string of the molecule is Cc1nn(-c2ccccc2)c(C)c1C(=O)OCC(=O)C(C#N)=C1N(C)c2ccccc2N1C. The third-order valence-corrected chi connectivity index (χ3v) is 5.68. The molecule has 2 heterocycles. The number of benzene rings is 2. The van der Waals surface area contributed by atoms with Gasteiger partial charge in [-0.2, -0.15) is 10.4 Å². The summed E-state index contributed by atoms with van der Waals surface area (Å²) in [7, 11) is 3.58. The molecule has 8 nitrogen and oxygen atoms in total. The Morgan fingerprint density at radius 3 is 2.12 bits per heavy atom. The monoisotopic (exact) mass is 441 g/mol. The third kappa shape index (κ3) is 3.74. The average molecular weight is 441 g/mol. The van der Waals surface area contributed by atoms with Crippen LogP contribution < -0.4 is 9.80 Å². The van der Waals surface area contributed by atoms with E-state index in [1.165, 1.54) is 0 Å². The van der Waals surface area contributed by atoms with Crippen molar-refractivity contribution in [3.05, 3.63) is 82.9 Å². The fraction of sp³-hybridized carbons (Fsp3) is 0.200. The summed E-state index contributed by atoms with van der Waals surface area (Å²) in [5, 5.41) is 14.2. The molecule has 33 heavy (non-hydrogen) atoms. The van der Waals surface area contributed by atoms with Crippen LogP contribution in [0.4, 0.5) is 11.4 Å². The maximum atomic E-state index is 12.9. The highest BCUT2D eigenvalue weighted by Gasteiger charge is 2.32. The molecule has 0 radical (unpaired) electrons. The van der Waals surface area contributed by atoms with Gasteiger partial charge in [-0.05, 0) is 38.1 Å². The van der Waals surface area contributed by atoms with Crippen LogP contribution in [0.15, 0.2) is 66.0 Å². The van der Waals surface area contributed by atoms with E-state index in [-0.39, 0.29) is 5.57 Å². The molecule has 4 rings (SSSR count). The van der Waals surface area contributed by atoms with Gasteiger partial charge in [0.25, 0.3) is 0 Å². The van der Waals surface area contributed by atoms with Gasteiger partial charge in [-0.15, -0.1) is 0 Å². The minimum absolute atomic E-state index is 0.0718. The van der Waals surface area contributed by atoms with Crippen molar-refractivity contribution in [1.29, 1.82) is 5.26 Å². The molecule has 0 saturated heterocycles. The lowest BCUT2D eigenvalue weighted by molar-refractivity contribution is -0.118. The Bertz CT molecular complexity index is 1290. The van der Waals surface area contributed by atoms with Gasteiger partial charge in [0.1, 0.15) is 23.0 Å². The predicted molar refractivity (Wildman–Crippen MR) is 124 cm³/mol. The third-order valence-electron chi connectivity index (χ3n) is 5.68. The molecular weight excluding hydrogens is 418 g/mol. The number of nitriles is 1. The number of fused-ring (bicyclic) bond motifs is 1. The summed E-state index contributed by atoms with van der Waals surface area (Å²) in [6, 6.07) is 19.0. The van der Waals surface area contributed by atoms with Gasteiger partial charge in [0.15, 0.2) is 6.61 Å². The fourth-order valence-corrected chi connectivity index (χ4v) is 4.09. The summed E-state index contributed by atoms with van der Waals surface area (Å²) in [6.45, 7) is 2.94. The lowest BCUT2D eigenvalue weighted by atomic mass is 10.1. The first-order valence-corrected chi connectivity index (χ1v) is 10.4. The Hall–Kier alpha value is -4.38. The fourth-order valence-electron chi connectivity index (χ4n) is 4.09. The van der Waals surface area contributed by atoms with Crippen LogP contribution in [0.2, 0.25) is 0 Å². The molecule has 1 aliphatic rings. The number of esters is 1. The number of nitrogens with zero attached hydrogens (tertiary/aromatic N) is 5. The van der Waals surface area contributed by atoms with Crippen LogP contribution in [0.1, 0.15) is 21.7 Å². The molecular formula is C25H23N5O3. The second-order valence-corrected chi connectivity index (χ2v) is 7.71. The number of Topliss-reactive ketones (excluding diaryl/α,β-unsaturated/α-hetero) is 1. The Balaban J connectivity index is 1.55. The smallest absolute Gasteiger partial charge is 0.342 e. The van der Waals surface area contributed by atoms with Crippen LogP contribution in [0.5, 0.6) is 0 Å². The second kappa shape index (κ2) is 8.63. The maximum Gasteiger partial charge on any atom is 0.342 e. The van der Waals surface area contributed by atoms with E-state index in [2.05, 4.69) is 5.10 Å². The zero-order valence-corrected chi connectivity index (χ0v) is 18.9. The van der Waals surface area contributed by atoms with Gasteiger partial charge in [0.2, 0.25) is 5.78 Å². The van der Waals surface area contributed by atoms with Crippen LogP contribution in [-0.4, -0.2) is 42.2 Å². The van der Waals surface area contributed by atoms with Crippen LogP contribution in [0, 0.1) is 25.2 Å². The van der Waals surface area contributed by atoms with Crippen molar-refractivity contribution in [3.8, 4) is 11.8 Å². The molecule has 3 aromatic rings. The number of ether oxygens (including phenoxy) is 1. The highest BCUT2D eigenvalue weighted by molar-refractivity contribution is 6.04. The van der Waals surface area contributed by atoms with Gasteiger partial charge in [0, 0.05) is 14.1 Å². The second-order valence-electron chi connectivity index (χ2n) is 7.71. The summed E-state index contributed by atoms with van der Waals surface area (Å²) in [6.07, 6.45) is 0. The van der Waals surface area contributed by atoms with Gasteiger partial charge in [-0.1, -0.05) is 30.3 Å². The lowest BCUT2D eigenvalue weighted by Crippen LogP contribution is -2.28. The van der Waals surface area contributed by atoms with Crippen molar-refractivity contribution < 1.29 is 14.3 Å². The standard InChI is InChI=1S/C25H23N5O3/c1-16-23(17(2)30(27-16)18-10-6-5-7-11-18)25(32)33-15-22(31)19(14-26)24-28(3)20-12-8-9-13-21(20)29(24)4/h5-13H,15H2,1-4H3. The van der Waals surface area contributed by atoms with Crippen LogP contribution in [0.3, 0.4) is 0 Å². The molecule has 0 spiro atoms. The van der Waals surface area contributed by atoms with E-state index in [1.807, 2.05) is 60.7 Å². The number of ketones is 1. The zero-order chi connectivity index (χ0) is 23.7. The average Bonchev–Trinajstić information content (AvgIpc) is 3.26. The van der Waals surface area contributed by atoms with E-state index in [0.717, 1.165) is 17.1 Å². The first kappa shape index (κ1) is 21.8. The molecule has 1 aliphatic heterocycles. The minimum Gasteiger partial charge on any atom is -0.454 e. The summed E-state index contributed by atoms with van der Waals surface area (Å²) < 4.78 is 6.99. The molecule has 0 amide bonds. The van der Waals surface area contributed by atoms with Crippen molar-refractivity contribution in [2.75, 3.05) is 30.5 Å². The number of aryl methyl sites for hydroxylation is 1. The van der Waals surface area contributed by atoms with E-state index in [1.54, 1.807) is 42.4 Å². The van der Waals surface area contributed by atoms with E-state index in [4.69, 9.17) is 4.74 Å². The van der Waals surface area contributed by atoms with Crippen molar-refractivity contribution in [3.63, 3.8) is 0 Å². The van der Waals surface area contributed by atoms with Gasteiger partial charge in [-0.3, -0.25) is 4.79 Å². The number of hydrogen-bond donors (Lipinski definition) is 0. The van der Waals surface area contributed by atoms with Crippen molar-refractivity contribution in [1.82, 2.24) is 9.78 Å². The van der Waals surface area contributed by atoms with E-state index in [9.17, 15) is 14.9 Å². The Morgan fingerprint density at radius 2 is 1.55 bits per heavy atom. The Kier molecular flexibility index (Phi) is 5.71. The van der Waals surface area contributed by atoms with Crippen LogP contribution in [0.25, 0.3) is 5.69 Å². The summed E-state index contributed by atoms with van der Waals surface area (Å²) >= 11 is 0. The minimum atomic E-state index is -0.653. The normalized spacial score (nSPS) is 12.4. The van der Waals surface area contributed by atoms with E-state index < -0.39 is 18.4 Å². The first-order valence-electron chi connectivity index (χ1n) is 10.4. The van der Waals surface area contributed by atoms with Crippen molar-refractivity contribution in [2.24, 2.45) is 0 Å². The zero-order valence-electron chi connectivity index (χ0n) is 18.9. The van der Waals surface area contributed by atoms with Crippen molar-refractivity contribution >= 4 is 23.1 Å². The van der Waals surface area contributed by atoms with Gasteiger partial charge in [0.05, 0.1) is 28.5 Å². The molecule has 166 valence electrons. The largest absolute Gasteiger partial charge is 0.454 e.